The summed E-state index contributed by atoms with van der Waals surface area (Å²) >= 11 is 0. The summed E-state index contributed by atoms with van der Waals surface area (Å²) < 4.78 is 10.1. The van der Waals surface area contributed by atoms with Crippen LogP contribution in [-0.2, 0) is 4.74 Å². The highest BCUT2D eigenvalue weighted by molar-refractivity contribution is 5.89. The Kier molecular flexibility index (Phi) is 4.31. The van der Waals surface area contributed by atoms with Gasteiger partial charge in [-0.3, -0.25) is 0 Å². The molecule has 1 rings (SSSR count). The van der Waals surface area contributed by atoms with E-state index in [9.17, 15) is 9.90 Å². The van der Waals surface area contributed by atoms with E-state index in [4.69, 9.17) is 4.74 Å². The first-order valence-electron chi connectivity index (χ1n) is 5.07. The Hall–Kier alpha value is -1.55. The van der Waals surface area contributed by atoms with Crippen LogP contribution in [0.2, 0.25) is 0 Å². The lowest BCUT2D eigenvalue weighted by atomic mass is 10.2. The van der Waals surface area contributed by atoms with Crippen molar-refractivity contribution >= 4 is 5.97 Å². The average Bonchev–Trinajstić information content (AvgIpc) is 2.28. The van der Waals surface area contributed by atoms with Gasteiger partial charge >= 0.3 is 5.97 Å². The van der Waals surface area contributed by atoms with Gasteiger partial charge in [0, 0.05) is 0 Å². The first kappa shape index (κ1) is 12.5. The highest BCUT2D eigenvalue weighted by atomic mass is 16.5. The predicted octanol–water partition coefficient (Wildman–Crippen LogP) is 1.62. The molecule has 0 aliphatic heterocycles. The first-order valence-corrected chi connectivity index (χ1v) is 5.07. The second-order valence-electron chi connectivity index (χ2n) is 3.58. The Balaban J connectivity index is 2.78. The van der Waals surface area contributed by atoms with Gasteiger partial charge in [0.1, 0.15) is 11.9 Å². The lowest BCUT2D eigenvalue weighted by molar-refractivity contribution is 0.0581. The van der Waals surface area contributed by atoms with Crippen molar-refractivity contribution in [2.24, 2.45) is 0 Å². The molecule has 88 valence electrons. The third-order valence-corrected chi connectivity index (χ3v) is 2.26. The van der Waals surface area contributed by atoms with Gasteiger partial charge in [0.25, 0.3) is 0 Å². The third-order valence-electron chi connectivity index (χ3n) is 2.26. The molecule has 0 spiro atoms. The van der Waals surface area contributed by atoms with Crippen molar-refractivity contribution in [3.8, 4) is 5.75 Å². The first-order chi connectivity index (χ1) is 7.54. The average molecular weight is 224 g/mol. The molecule has 0 bridgehead atoms. The molecule has 0 saturated carbocycles. The summed E-state index contributed by atoms with van der Waals surface area (Å²) in [6, 6.07) is 6.66. The Morgan fingerprint density at radius 2 is 2.06 bits per heavy atom. The molecule has 2 atom stereocenters. The Morgan fingerprint density at radius 3 is 2.62 bits per heavy atom. The van der Waals surface area contributed by atoms with Gasteiger partial charge in [-0.15, -0.1) is 0 Å². The Morgan fingerprint density at radius 1 is 1.38 bits per heavy atom. The fourth-order valence-corrected chi connectivity index (χ4v) is 1.13. The predicted molar refractivity (Wildman–Crippen MR) is 59.6 cm³/mol. The van der Waals surface area contributed by atoms with Crippen LogP contribution in [0.25, 0.3) is 0 Å². The minimum absolute atomic E-state index is 0.326. The van der Waals surface area contributed by atoms with Gasteiger partial charge in [0.2, 0.25) is 0 Å². The number of aliphatic hydroxyl groups excluding tert-OH is 1. The molecule has 2 unspecified atom stereocenters. The van der Waals surface area contributed by atoms with Crippen molar-refractivity contribution in [1.29, 1.82) is 0 Å². The second-order valence-corrected chi connectivity index (χ2v) is 3.58. The van der Waals surface area contributed by atoms with E-state index in [0.29, 0.717) is 11.3 Å². The lowest BCUT2D eigenvalue weighted by Gasteiger charge is -2.17. The van der Waals surface area contributed by atoms with Gasteiger partial charge in [0.15, 0.2) is 0 Å². The molecule has 0 heterocycles. The summed E-state index contributed by atoms with van der Waals surface area (Å²) in [5, 5.41) is 9.29. The number of aliphatic hydroxyl groups is 1. The molecule has 16 heavy (non-hydrogen) atoms. The summed E-state index contributed by atoms with van der Waals surface area (Å²) in [5.41, 5.74) is 0.429. The number of esters is 1. The minimum atomic E-state index is -0.568. The number of carbonyl (C=O) groups excluding carboxylic acids is 1. The van der Waals surface area contributed by atoms with E-state index >= 15 is 0 Å². The number of benzene rings is 1. The van der Waals surface area contributed by atoms with Crippen molar-refractivity contribution in [3.05, 3.63) is 29.8 Å². The van der Waals surface area contributed by atoms with Crippen molar-refractivity contribution < 1.29 is 19.4 Å². The van der Waals surface area contributed by atoms with Gasteiger partial charge in [-0.1, -0.05) is 6.07 Å². The van der Waals surface area contributed by atoms with Crippen LogP contribution in [0.5, 0.6) is 5.75 Å². The molecule has 4 heteroatoms. The largest absolute Gasteiger partial charge is 0.488 e. The van der Waals surface area contributed by atoms with Crippen LogP contribution in [0.1, 0.15) is 24.2 Å². The maximum Gasteiger partial charge on any atom is 0.337 e. The molecule has 0 fully saturated rings. The molecule has 1 N–H and O–H groups in total. The highest BCUT2D eigenvalue weighted by Crippen LogP contribution is 2.16. The second kappa shape index (κ2) is 5.51. The maximum atomic E-state index is 11.3. The molecule has 0 aliphatic rings. The van der Waals surface area contributed by atoms with E-state index in [1.54, 1.807) is 38.1 Å². The molecule has 0 amide bonds. The van der Waals surface area contributed by atoms with Crippen LogP contribution in [0.3, 0.4) is 0 Å². The van der Waals surface area contributed by atoms with Crippen LogP contribution < -0.4 is 4.74 Å². The zero-order chi connectivity index (χ0) is 12.1. The molecule has 4 nitrogen and oxygen atoms in total. The molecular weight excluding hydrogens is 208 g/mol. The van der Waals surface area contributed by atoms with E-state index in [1.807, 2.05) is 0 Å². The number of methoxy groups -OCH3 is 1. The molecule has 0 radical (unpaired) electrons. The van der Waals surface area contributed by atoms with Crippen molar-refractivity contribution in [2.45, 2.75) is 26.1 Å². The van der Waals surface area contributed by atoms with Crippen LogP contribution >= 0.6 is 0 Å². The van der Waals surface area contributed by atoms with Crippen LogP contribution in [0.4, 0.5) is 0 Å². The van der Waals surface area contributed by atoms with E-state index < -0.39 is 12.1 Å². The normalized spacial score (nSPS) is 14.0. The van der Waals surface area contributed by atoms with Gasteiger partial charge in [-0.05, 0) is 32.0 Å². The summed E-state index contributed by atoms with van der Waals surface area (Å²) in [5.74, 6) is 0.131. The van der Waals surface area contributed by atoms with Crippen LogP contribution in [-0.4, -0.2) is 30.4 Å². The van der Waals surface area contributed by atoms with Gasteiger partial charge in [-0.25, -0.2) is 4.79 Å². The van der Waals surface area contributed by atoms with Crippen molar-refractivity contribution in [1.82, 2.24) is 0 Å². The summed E-state index contributed by atoms with van der Waals surface area (Å²) in [6.07, 6.45) is -0.894. The minimum Gasteiger partial charge on any atom is -0.488 e. The number of carbonyl (C=O) groups is 1. The molecule has 0 saturated heterocycles. The molecular formula is C12H16O4. The van der Waals surface area contributed by atoms with Crippen LogP contribution in [0, 0.1) is 0 Å². The molecule has 1 aromatic carbocycles. The van der Waals surface area contributed by atoms with Gasteiger partial charge < -0.3 is 14.6 Å². The monoisotopic (exact) mass is 224 g/mol. The summed E-state index contributed by atoms with van der Waals surface area (Å²) in [7, 11) is 1.33. The van der Waals surface area contributed by atoms with Gasteiger partial charge in [-0.2, -0.15) is 0 Å². The fraction of sp³-hybridized carbons (Fsp3) is 0.417. The maximum absolute atomic E-state index is 11.3. The van der Waals surface area contributed by atoms with E-state index in [1.165, 1.54) is 7.11 Å². The lowest BCUT2D eigenvalue weighted by Crippen LogP contribution is -2.25. The fourth-order valence-electron chi connectivity index (χ4n) is 1.13. The van der Waals surface area contributed by atoms with E-state index in [2.05, 4.69) is 4.74 Å². The quantitative estimate of drug-likeness (QED) is 0.789. The SMILES string of the molecule is COC(=O)c1cccc(OC(C)C(C)O)c1. The smallest absolute Gasteiger partial charge is 0.337 e. The van der Waals surface area contributed by atoms with E-state index in [0.717, 1.165) is 0 Å². The number of rotatable bonds is 4. The molecule has 0 aliphatic carbocycles. The Bertz CT molecular complexity index is 360. The summed E-state index contributed by atoms with van der Waals surface area (Å²) in [6.45, 7) is 3.41. The highest BCUT2D eigenvalue weighted by Gasteiger charge is 2.12. The standard InChI is InChI=1S/C12H16O4/c1-8(13)9(2)16-11-6-4-5-10(7-11)12(14)15-3/h4-9,13H,1-3H3. The Labute approximate surface area is 94.8 Å². The third kappa shape index (κ3) is 3.24. The van der Waals surface area contributed by atoms with Gasteiger partial charge in [0.05, 0.1) is 18.8 Å². The molecule has 1 aromatic rings. The zero-order valence-electron chi connectivity index (χ0n) is 9.64. The van der Waals surface area contributed by atoms with Crippen LogP contribution in [0.15, 0.2) is 24.3 Å². The number of hydrogen-bond donors (Lipinski definition) is 1. The van der Waals surface area contributed by atoms with Crippen molar-refractivity contribution in [3.63, 3.8) is 0 Å². The number of hydrogen-bond acceptors (Lipinski definition) is 4. The number of ether oxygens (including phenoxy) is 2. The topological polar surface area (TPSA) is 55.8 Å². The van der Waals surface area contributed by atoms with Crippen molar-refractivity contribution in [2.75, 3.05) is 7.11 Å². The zero-order valence-corrected chi connectivity index (χ0v) is 9.64. The molecule has 0 aromatic heterocycles. The summed E-state index contributed by atoms with van der Waals surface area (Å²) in [4.78, 5) is 11.3. The van der Waals surface area contributed by atoms with E-state index in [-0.39, 0.29) is 6.10 Å².